The number of likely N-dealkylation sites (N-methyl/N-ethyl adjacent to an activating group) is 1. The summed E-state index contributed by atoms with van der Waals surface area (Å²) in [7, 11) is 1.50. The van der Waals surface area contributed by atoms with E-state index in [1.807, 2.05) is 30.6 Å². The lowest BCUT2D eigenvalue weighted by atomic mass is 10.0. The van der Waals surface area contributed by atoms with Gasteiger partial charge in [-0.25, -0.2) is 0 Å². The van der Waals surface area contributed by atoms with Crippen molar-refractivity contribution in [2.45, 2.75) is 66.4 Å². The van der Waals surface area contributed by atoms with Gasteiger partial charge in [-0.05, 0) is 39.8 Å². The molecule has 1 rings (SSSR count). The second kappa shape index (κ2) is 29.2. The zero-order valence-electron chi connectivity index (χ0n) is 28.2. The van der Waals surface area contributed by atoms with E-state index in [2.05, 4.69) is 31.4 Å². The molecule has 0 aromatic rings. The Morgan fingerprint density at radius 3 is 1.52 bits per heavy atom. The summed E-state index contributed by atoms with van der Waals surface area (Å²) in [5.41, 5.74) is 4.21. The Kier molecular flexibility index (Phi) is 30.5. The third kappa shape index (κ3) is 29.6. The molecule has 5 N–H and O–H groups in total. The van der Waals surface area contributed by atoms with E-state index in [9.17, 15) is 19.2 Å². The third-order valence-electron chi connectivity index (χ3n) is 6.63. The zero-order chi connectivity index (χ0) is 34.6. The zero-order valence-corrected chi connectivity index (χ0v) is 28.2. The molecular weight excluding hydrogens is 574 g/mol. The van der Waals surface area contributed by atoms with Crippen LogP contribution in [-0.2, 0) is 28.7 Å². The highest BCUT2D eigenvalue weighted by molar-refractivity contribution is 5.78. The number of carboxylic acid groups (broad SMARTS) is 3. The summed E-state index contributed by atoms with van der Waals surface area (Å²) in [5, 5.41) is 25.0. The van der Waals surface area contributed by atoms with E-state index in [1.165, 1.54) is 7.05 Å². The number of aliphatic carboxylic acids is 2. The first kappa shape index (κ1) is 45.9. The minimum atomic E-state index is -0.907. The molecule has 0 radical (unpaired) electrons. The molecule has 1 saturated heterocycles. The average molecular weight is 636 g/mol. The number of carboxylic acids is 2. The number of hydrogen-bond acceptors (Lipinski definition) is 11. The van der Waals surface area contributed by atoms with Gasteiger partial charge in [0.1, 0.15) is 12.1 Å². The molecule has 1 aliphatic rings. The number of rotatable bonds is 14. The van der Waals surface area contributed by atoms with Crippen molar-refractivity contribution in [1.82, 2.24) is 19.6 Å². The topological polar surface area (TPSA) is 194 Å². The van der Waals surface area contributed by atoms with Crippen LogP contribution in [0.2, 0.25) is 0 Å². The summed E-state index contributed by atoms with van der Waals surface area (Å²) >= 11 is 0. The molecule has 14 heteroatoms. The molecule has 0 aliphatic carbocycles. The lowest BCUT2D eigenvalue weighted by Gasteiger charge is -2.32. The van der Waals surface area contributed by atoms with Gasteiger partial charge in [0.2, 0.25) is 0 Å². The van der Waals surface area contributed by atoms with E-state index in [0.29, 0.717) is 58.0 Å². The van der Waals surface area contributed by atoms with Gasteiger partial charge < -0.3 is 35.5 Å². The number of nitrogens with two attached hydrogens (primary N) is 1. The Labute approximate surface area is 264 Å². The van der Waals surface area contributed by atoms with Crippen LogP contribution in [0.15, 0.2) is 0 Å². The van der Waals surface area contributed by atoms with E-state index in [0.717, 1.165) is 45.5 Å². The van der Waals surface area contributed by atoms with Crippen molar-refractivity contribution in [3.05, 3.63) is 0 Å². The molecule has 0 spiro atoms. The standard InChI is InChI=1S/C16H30N4O5.C12H24O2.CH5N.CH2O2/c1-2-17-3-5-18(11-12-21)6-8-20(14-16(24)25)10-9-19(7-4-17)13-15(22)23;1-6-11(13)9-12(4,5)14-8-7-10(2)3;1-2;2-1-3/h12H,2-11,13-14H2,1H3,(H,22,23)(H,24,25);10H,6-9H2,1-5H3;2H2,1H3;1H,(H,2,3). The van der Waals surface area contributed by atoms with Gasteiger partial charge in [0.15, 0.2) is 0 Å². The van der Waals surface area contributed by atoms with Crippen molar-refractivity contribution in [1.29, 1.82) is 0 Å². The Hall–Kier alpha value is -2.49. The van der Waals surface area contributed by atoms with Crippen LogP contribution in [0.4, 0.5) is 0 Å². The number of ketones is 1. The smallest absolute Gasteiger partial charge is 0.317 e. The predicted octanol–water partition coefficient (Wildman–Crippen LogP) is 1.07. The van der Waals surface area contributed by atoms with Crippen molar-refractivity contribution >= 4 is 30.5 Å². The molecule has 0 atom stereocenters. The maximum Gasteiger partial charge on any atom is 0.317 e. The second-order valence-corrected chi connectivity index (χ2v) is 11.2. The lowest BCUT2D eigenvalue weighted by Crippen LogP contribution is -2.47. The summed E-state index contributed by atoms with van der Waals surface area (Å²) < 4.78 is 5.69. The van der Waals surface area contributed by atoms with Gasteiger partial charge in [-0.15, -0.1) is 0 Å². The van der Waals surface area contributed by atoms with Crippen LogP contribution >= 0.6 is 0 Å². The summed E-state index contributed by atoms with van der Waals surface area (Å²) in [4.78, 5) is 60.5. The van der Waals surface area contributed by atoms with Crippen molar-refractivity contribution in [3.8, 4) is 0 Å². The molecule has 0 aromatic heterocycles. The first-order valence-corrected chi connectivity index (χ1v) is 15.3. The van der Waals surface area contributed by atoms with Gasteiger partial charge >= 0.3 is 11.9 Å². The Bertz CT molecular complexity index is 769. The van der Waals surface area contributed by atoms with E-state index >= 15 is 0 Å². The van der Waals surface area contributed by atoms with Gasteiger partial charge in [0, 0.05) is 71.8 Å². The molecular formula is C30H61N5O9. The van der Waals surface area contributed by atoms with Crippen molar-refractivity contribution < 1.29 is 44.0 Å². The fourth-order valence-corrected chi connectivity index (χ4v) is 4.10. The molecule has 0 amide bonds. The number of carbonyl (C=O) groups excluding carboxylic acids is 2. The van der Waals surface area contributed by atoms with Gasteiger partial charge in [-0.2, -0.15) is 0 Å². The molecule has 1 aliphatic heterocycles. The molecule has 14 nitrogen and oxygen atoms in total. The monoisotopic (exact) mass is 635 g/mol. The van der Waals surface area contributed by atoms with E-state index in [1.54, 1.807) is 4.90 Å². The van der Waals surface area contributed by atoms with Crippen LogP contribution in [0.5, 0.6) is 0 Å². The van der Waals surface area contributed by atoms with E-state index in [4.69, 9.17) is 24.9 Å². The predicted molar refractivity (Wildman–Crippen MR) is 171 cm³/mol. The maximum absolute atomic E-state index is 11.2. The van der Waals surface area contributed by atoms with Crippen molar-refractivity contribution in [2.24, 2.45) is 11.7 Å². The van der Waals surface area contributed by atoms with Crippen LogP contribution < -0.4 is 5.73 Å². The summed E-state index contributed by atoms with van der Waals surface area (Å²) in [6.45, 7) is 18.9. The number of aldehydes is 1. The minimum Gasteiger partial charge on any atom is -0.483 e. The third-order valence-corrected chi connectivity index (χ3v) is 6.63. The molecule has 1 heterocycles. The normalized spacial score (nSPS) is 15.9. The number of ether oxygens (including phenoxy) is 1. The van der Waals surface area contributed by atoms with E-state index in [-0.39, 0.29) is 30.9 Å². The Morgan fingerprint density at radius 1 is 0.818 bits per heavy atom. The largest absolute Gasteiger partial charge is 0.483 e. The molecule has 44 heavy (non-hydrogen) atoms. The highest BCUT2D eigenvalue weighted by atomic mass is 16.5. The van der Waals surface area contributed by atoms with Crippen molar-refractivity contribution in [2.75, 3.05) is 92.2 Å². The fraction of sp³-hybridized carbons (Fsp3) is 0.833. The summed E-state index contributed by atoms with van der Waals surface area (Å²) in [5.74, 6) is -0.847. The fourth-order valence-electron chi connectivity index (χ4n) is 4.10. The SMILES string of the molecule is CCC(=O)CC(C)(C)OCCC(C)C.CCN1CCN(CC=O)CCN(CC(=O)O)CCN(CC(=O)O)CC1.CN.O=CO. The molecule has 0 aromatic carbocycles. The Morgan fingerprint density at radius 2 is 1.20 bits per heavy atom. The molecule has 0 bridgehead atoms. The summed E-state index contributed by atoms with van der Waals surface area (Å²) in [6, 6.07) is 0. The highest BCUT2D eigenvalue weighted by Gasteiger charge is 2.21. The van der Waals surface area contributed by atoms with Gasteiger partial charge in [0.05, 0.1) is 25.2 Å². The lowest BCUT2D eigenvalue weighted by molar-refractivity contribution is -0.140. The quantitative estimate of drug-likeness (QED) is 0.198. The van der Waals surface area contributed by atoms with Crippen LogP contribution in [-0.4, -0.2) is 163 Å². The number of Topliss-reactive ketones (excluding diaryl/α,β-unsaturated/α-hetero) is 1. The van der Waals surface area contributed by atoms with Gasteiger partial charge in [-0.3, -0.25) is 33.9 Å². The molecule has 0 saturated carbocycles. The Balaban J connectivity index is -0.000000747. The first-order chi connectivity index (χ1) is 20.7. The number of hydrogen-bond donors (Lipinski definition) is 4. The molecule has 260 valence electrons. The van der Waals surface area contributed by atoms with Crippen LogP contribution in [0, 0.1) is 5.92 Å². The van der Waals surface area contributed by atoms with Crippen LogP contribution in [0.1, 0.15) is 60.8 Å². The highest BCUT2D eigenvalue weighted by Crippen LogP contribution is 2.17. The number of nitrogens with zero attached hydrogens (tertiary/aromatic N) is 4. The first-order valence-electron chi connectivity index (χ1n) is 15.3. The van der Waals surface area contributed by atoms with Gasteiger partial charge in [-0.1, -0.05) is 27.7 Å². The second-order valence-electron chi connectivity index (χ2n) is 11.2. The minimum absolute atomic E-state index is 0.0459. The van der Waals surface area contributed by atoms with Crippen molar-refractivity contribution in [3.63, 3.8) is 0 Å². The van der Waals surface area contributed by atoms with E-state index < -0.39 is 11.9 Å². The maximum atomic E-state index is 11.2. The average Bonchev–Trinajstić information content (AvgIpc) is 2.94. The van der Waals surface area contributed by atoms with Gasteiger partial charge in [0.25, 0.3) is 6.47 Å². The molecule has 0 unspecified atom stereocenters. The number of carbonyl (C=O) groups is 5. The molecule has 1 fully saturated rings. The summed E-state index contributed by atoms with van der Waals surface area (Å²) in [6.07, 6.45) is 3.07. The van der Waals surface area contributed by atoms with Crippen LogP contribution in [0.25, 0.3) is 0 Å². The van der Waals surface area contributed by atoms with Crippen LogP contribution in [0.3, 0.4) is 0 Å².